The molecule has 1 atom stereocenters. The third-order valence-electron chi connectivity index (χ3n) is 6.51. The van der Waals surface area contributed by atoms with E-state index >= 15 is 0 Å². The summed E-state index contributed by atoms with van der Waals surface area (Å²) >= 11 is 6.21. The van der Waals surface area contributed by atoms with Crippen LogP contribution in [0, 0.1) is 5.82 Å². The van der Waals surface area contributed by atoms with Crippen LogP contribution in [0.25, 0.3) is 0 Å². The van der Waals surface area contributed by atoms with E-state index < -0.39 is 11.9 Å². The van der Waals surface area contributed by atoms with Gasteiger partial charge in [-0.3, -0.25) is 9.59 Å². The minimum Gasteiger partial charge on any atom is -0.352 e. The molecule has 1 aliphatic carbocycles. The Bertz CT molecular complexity index is 1150. The Hall–Kier alpha value is -3.18. The standard InChI is InChI=1S/C29H30ClFN2O2/c30-24-13-8-11-22(17-24)20-33(28(34)19-23-12-4-7-16-26(23)31)27(18-21-9-2-1-3-10-21)29(35)32-25-14-5-6-15-25/h1-4,7-13,16-17,25,27H,5-6,14-15,18-20H2,(H,32,35)/t27-/m0/s1. The molecule has 1 fully saturated rings. The van der Waals surface area contributed by atoms with Crippen LogP contribution in [-0.4, -0.2) is 28.8 Å². The summed E-state index contributed by atoms with van der Waals surface area (Å²) in [7, 11) is 0. The molecule has 3 aromatic carbocycles. The first-order valence-electron chi connectivity index (χ1n) is 12.1. The van der Waals surface area contributed by atoms with Crippen LogP contribution >= 0.6 is 11.6 Å². The monoisotopic (exact) mass is 492 g/mol. The van der Waals surface area contributed by atoms with Gasteiger partial charge >= 0.3 is 0 Å². The molecule has 0 aromatic heterocycles. The van der Waals surface area contributed by atoms with Crippen molar-refractivity contribution >= 4 is 23.4 Å². The van der Waals surface area contributed by atoms with Crippen molar-refractivity contribution < 1.29 is 14.0 Å². The molecular formula is C29H30ClFN2O2. The summed E-state index contributed by atoms with van der Waals surface area (Å²) in [6, 6.07) is 22.6. The third kappa shape index (κ3) is 6.92. The first kappa shape index (κ1) is 24.9. The number of hydrogen-bond acceptors (Lipinski definition) is 2. The van der Waals surface area contributed by atoms with Gasteiger partial charge in [0.2, 0.25) is 11.8 Å². The highest BCUT2D eigenvalue weighted by Gasteiger charge is 2.32. The van der Waals surface area contributed by atoms with E-state index in [0.717, 1.165) is 36.8 Å². The molecule has 1 saturated carbocycles. The molecular weight excluding hydrogens is 463 g/mol. The van der Waals surface area contributed by atoms with Gasteiger partial charge in [0.05, 0.1) is 6.42 Å². The van der Waals surface area contributed by atoms with Gasteiger partial charge in [-0.2, -0.15) is 0 Å². The number of nitrogens with zero attached hydrogens (tertiary/aromatic N) is 1. The number of hydrogen-bond donors (Lipinski definition) is 1. The smallest absolute Gasteiger partial charge is 0.243 e. The first-order chi connectivity index (χ1) is 17.0. The van der Waals surface area contributed by atoms with E-state index in [1.54, 1.807) is 35.2 Å². The first-order valence-corrected chi connectivity index (χ1v) is 12.5. The summed E-state index contributed by atoms with van der Waals surface area (Å²) in [4.78, 5) is 28.9. The molecule has 1 N–H and O–H groups in total. The predicted molar refractivity (Wildman–Crippen MR) is 136 cm³/mol. The quantitative estimate of drug-likeness (QED) is 0.415. The number of benzene rings is 3. The molecule has 0 saturated heterocycles. The summed E-state index contributed by atoms with van der Waals surface area (Å²) in [5.41, 5.74) is 2.07. The summed E-state index contributed by atoms with van der Waals surface area (Å²) in [6.07, 6.45) is 4.31. The van der Waals surface area contributed by atoms with Crippen molar-refractivity contribution in [3.63, 3.8) is 0 Å². The maximum absolute atomic E-state index is 14.4. The lowest BCUT2D eigenvalue weighted by molar-refractivity contribution is -0.141. The Labute approximate surface area is 211 Å². The van der Waals surface area contributed by atoms with Crippen molar-refractivity contribution in [3.05, 3.63) is 106 Å². The van der Waals surface area contributed by atoms with Crippen LogP contribution in [0.1, 0.15) is 42.4 Å². The van der Waals surface area contributed by atoms with Crippen molar-refractivity contribution in [1.82, 2.24) is 10.2 Å². The van der Waals surface area contributed by atoms with Crippen LogP contribution in [0.4, 0.5) is 4.39 Å². The molecule has 182 valence electrons. The number of carbonyl (C=O) groups excluding carboxylic acids is 2. The van der Waals surface area contributed by atoms with Crippen LogP contribution in [-0.2, 0) is 29.0 Å². The van der Waals surface area contributed by atoms with Gasteiger partial charge in [0.15, 0.2) is 0 Å². The summed E-state index contributed by atoms with van der Waals surface area (Å²) in [5, 5.41) is 3.73. The van der Waals surface area contributed by atoms with E-state index in [4.69, 9.17) is 11.6 Å². The van der Waals surface area contributed by atoms with Gasteiger partial charge in [0, 0.05) is 24.0 Å². The zero-order valence-electron chi connectivity index (χ0n) is 19.6. The molecule has 0 aliphatic heterocycles. The molecule has 1 aliphatic rings. The minimum atomic E-state index is -0.740. The van der Waals surface area contributed by atoms with Crippen molar-refractivity contribution in [2.75, 3.05) is 0 Å². The zero-order chi connectivity index (χ0) is 24.6. The molecule has 35 heavy (non-hydrogen) atoms. The Morgan fingerprint density at radius 3 is 2.34 bits per heavy atom. The number of nitrogens with one attached hydrogen (secondary N) is 1. The van der Waals surface area contributed by atoms with Crippen LogP contribution in [0.15, 0.2) is 78.9 Å². The maximum Gasteiger partial charge on any atom is 0.243 e. The average molecular weight is 493 g/mol. The van der Waals surface area contributed by atoms with Crippen molar-refractivity contribution in [1.29, 1.82) is 0 Å². The van der Waals surface area contributed by atoms with E-state index in [9.17, 15) is 14.0 Å². The third-order valence-corrected chi connectivity index (χ3v) is 6.75. The van der Waals surface area contributed by atoms with Crippen molar-refractivity contribution in [2.45, 2.75) is 57.2 Å². The fourth-order valence-electron chi connectivity index (χ4n) is 4.66. The van der Waals surface area contributed by atoms with E-state index in [1.165, 1.54) is 6.07 Å². The highest BCUT2D eigenvalue weighted by Crippen LogP contribution is 2.22. The van der Waals surface area contributed by atoms with Gasteiger partial charge in [-0.25, -0.2) is 4.39 Å². The molecule has 0 bridgehead atoms. The van der Waals surface area contributed by atoms with E-state index in [-0.39, 0.29) is 30.8 Å². The van der Waals surface area contributed by atoms with E-state index in [1.807, 2.05) is 42.5 Å². The van der Waals surface area contributed by atoms with Gasteiger partial charge in [-0.05, 0) is 47.7 Å². The molecule has 4 rings (SSSR count). The SMILES string of the molecule is O=C(NC1CCCC1)[C@H](Cc1ccccc1)N(Cc1cccc(Cl)c1)C(=O)Cc1ccccc1F. The predicted octanol–water partition coefficient (Wildman–Crippen LogP) is 5.72. The Kier molecular flexibility index (Phi) is 8.54. The minimum absolute atomic E-state index is 0.121. The lowest BCUT2D eigenvalue weighted by atomic mass is 10.0. The lowest BCUT2D eigenvalue weighted by Gasteiger charge is -2.32. The zero-order valence-corrected chi connectivity index (χ0v) is 20.4. The molecule has 0 unspecified atom stereocenters. The molecule has 2 amide bonds. The van der Waals surface area contributed by atoms with Crippen molar-refractivity contribution in [3.8, 4) is 0 Å². The van der Waals surface area contributed by atoms with E-state index in [0.29, 0.717) is 17.0 Å². The summed E-state index contributed by atoms with van der Waals surface area (Å²) in [5.74, 6) is -0.916. The van der Waals surface area contributed by atoms with Gasteiger partial charge in [0.1, 0.15) is 11.9 Å². The maximum atomic E-state index is 14.4. The topological polar surface area (TPSA) is 49.4 Å². The Balaban J connectivity index is 1.67. The summed E-state index contributed by atoms with van der Waals surface area (Å²) < 4.78 is 14.4. The Morgan fingerprint density at radius 1 is 0.943 bits per heavy atom. The fourth-order valence-corrected chi connectivity index (χ4v) is 4.87. The van der Waals surface area contributed by atoms with Gasteiger partial charge in [-0.1, -0.05) is 85.1 Å². The molecule has 0 spiro atoms. The molecule has 0 heterocycles. The number of carbonyl (C=O) groups is 2. The van der Waals surface area contributed by atoms with Gasteiger partial charge in [-0.15, -0.1) is 0 Å². The fraction of sp³-hybridized carbons (Fsp3) is 0.310. The number of rotatable bonds is 9. The Morgan fingerprint density at radius 2 is 1.63 bits per heavy atom. The normalized spacial score (nSPS) is 14.5. The summed E-state index contributed by atoms with van der Waals surface area (Å²) in [6.45, 7) is 0.198. The highest BCUT2D eigenvalue weighted by molar-refractivity contribution is 6.30. The van der Waals surface area contributed by atoms with Crippen LogP contribution in [0.5, 0.6) is 0 Å². The molecule has 4 nitrogen and oxygen atoms in total. The van der Waals surface area contributed by atoms with E-state index in [2.05, 4.69) is 5.32 Å². The largest absolute Gasteiger partial charge is 0.352 e. The van der Waals surface area contributed by atoms with Crippen LogP contribution in [0.2, 0.25) is 5.02 Å². The molecule has 0 radical (unpaired) electrons. The molecule has 3 aromatic rings. The number of halogens is 2. The van der Waals surface area contributed by atoms with Crippen LogP contribution < -0.4 is 5.32 Å². The second-order valence-electron chi connectivity index (χ2n) is 9.12. The lowest BCUT2D eigenvalue weighted by Crippen LogP contribution is -2.52. The van der Waals surface area contributed by atoms with Crippen molar-refractivity contribution in [2.24, 2.45) is 0 Å². The molecule has 6 heteroatoms. The number of amides is 2. The average Bonchev–Trinajstić information content (AvgIpc) is 3.36. The van der Waals surface area contributed by atoms with Gasteiger partial charge in [0.25, 0.3) is 0 Å². The van der Waals surface area contributed by atoms with Gasteiger partial charge < -0.3 is 10.2 Å². The second-order valence-corrected chi connectivity index (χ2v) is 9.55. The second kappa shape index (κ2) is 12.0. The van der Waals surface area contributed by atoms with Crippen LogP contribution in [0.3, 0.4) is 0 Å². The highest BCUT2D eigenvalue weighted by atomic mass is 35.5.